The van der Waals surface area contributed by atoms with E-state index in [1.807, 2.05) is 43.9 Å². The average Bonchev–Trinajstić information content (AvgIpc) is 3.13. The van der Waals surface area contributed by atoms with Crippen molar-refractivity contribution >= 4 is 6.09 Å². The summed E-state index contributed by atoms with van der Waals surface area (Å²) in [5, 5.41) is 10.8. The van der Waals surface area contributed by atoms with E-state index in [2.05, 4.69) is 77.7 Å². The van der Waals surface area contributed by atoms with Crippen molar-refractivity contribution in [3.63, 3.8) is 0 Å². The van der Waals surface area contributed by atoms with Crippen molar-refractivity contribution in [1.29, 1.82) is 0 Å². The number of amides is 1. The Labute approximate surface area is 214 Å². The number of rotatable bonds is 5. The summed E-state index contributed by atoms with van der Waals surface area (Å²) < 4.78 is 5.82. The summed E-state index contributed by atoms with van der Waals surface area (Å²) in [6.07, 6.45) is 1.26. The molecule has 2 saturated heterocycles. The molecule has 0 spiro atoms. The van der Waals surface area contributed by atoms with Gasteiger partial charge in [-0.15, -0.1) is 0 Å². The summed E-state index contributed by atoms with van der Waals surface area (Å²) >= 11 is 0. The lowest BCUT2D eigenvalue weighted by Gasteiger charge is -2.55. The number of piperazine rings is 1. The smallest absolute Gasteiger partial charge is 0.411 e. The van der Waals surface area contributed by atoms with Crippen LogP contribution in [0.5, 0.6) is 0 Å². The van der Waals surface area contributed by atoms with E-state index >= 15 is 0 Å². The van der Waals surface area contributed by atoms with Gasteiger partial charge in [-0.1, -0.05) is 91.0 Å². The third kappa shape index (κ3) is 4.10. The molecule has 2 aliphatic rings. The highest BCUT2D eigenvalue weighted by Crippen LogP contribution is 2.49. The summed E-state index contributed by atoms with van der Waals surface area (Å²) in [6, 6.07) is 31.7. The van der Waals surface area contributed by atoms with E-state index in [1.165, 1.54) is 16.7 Å². The van der Waals surface area contributed by atoms with Gasteiger partial charge in [-0.25, -0.2) is 4.79 Å². The quantitative estimate of drug-likeness (QED) is 0.491. The molecule has 36 heavy (non-hydrogen) atoms. The highest BCUT2D eigenvalue weighted by molar-refractivity contribution is 5.71. The molecule has 5 rings (SSSR count). The van der Waals surface area contributed by atoms with Crippen LogP contribution in [0.15, 0.2) is 91.0 Å². The minimum atomic E-state index is -0.700. The summed E-state index contributed by atoms with van der Waals surface area (Å²) in [7, 11) is 0. The summed E-state index contributed by atoms with van der Waals surface area (Å²) in [4.78, 5) is 17.7. The van der Waals surface area contributed by atoms with Crippen LogP contribution in [0.4, 0.5) is 4.79 Å². The second-order valence-corrected chi connectivity index (χ2v) is 11.1. The summed E-state index contributed by atoms with van der Waals surface area (Å²) in [5.74, 6) is 0. The van der Waals surface area contributed by atoms with Crippen LogP contribution >= 0.6 is 0 Å². The molecule has 2 unspecified atom stereocenters. The first-order valence-corrected chi connectivity index (χ1v) is 12.8. The number of nitrogens with zero attached hydrogens (tertiary/aromatic N) is 2. The van der Waals surface area contributed by atoms with E-state index in [-0.39, 0.29) is 18.7 Å². The maximum Gasteiger partial charge on any atom is 0.411 e. The van der Waals surface area contributed by atoms with Crippen LogP contribution in [-0.4, -0.2) is 57.9 Å². The van der Waals surface area contributed by atoms with E-state index < -0.39 is 16.7 Å². The summed E-state index contributed by atoms with van der Waals surface area (Å²) in [5.41, 5.74) is 1.63. The Morgan fingerprint density at radius 3 is 1.78 bits per heavy atom. The minimum absolute atomic E-state index is 0.0451. The third-order valence-electron chi connectivity index (χ3n) is 7.67. The molecular weight excluding hydrogens is 448 g/mol. The topological polar surface area (TPSA) is 53.0 Å². The molecule has 0 radical (unpaired) electrons. The van der Waals surface area contributed by atoms with Crippen LogP contribution in [0.3, 0.4) is 0 Å². The van der Waals surface area contributed by atoms with Crippen molar-refractivity contribution in [3.05, 3.63) is 108 Å². The molecule has 2 bridgehead atoms. The van der Waals surface area contributed by atoms with Crippen molar-refractivity contribution in [2.24, 2.45) is 0 Å². The molecule has 5 nitrogen and oxygen atoms in total. The van der Waals surface area contributed by atoms with Gasteiger partial charge in [0.1, 0.15) is 5.60 Å². The molecule has 3 aromatic carbocycles. The van der Waals surface area contributed by atoms with Crippen LogP contribution in [0.2, 0.25) is 0 Å². The molecule has 1 N–H and O–H groups in total. The van der Waals surface area contributed by atoms with Gasteiger partial charge in [0, 0.05) is 19.1 Å². The number of likely N-dealkylation sites (tertiary alicyclic amines) is 1. The number of benzene rings is 3. The van der Waals surface area contributed by atoms with Crippen LogP contribution in [0.1, 0.15) is 50.3 Å². The number of fused-ring (bicyclic) bond motifs is 2. The first-order valence-electron chi connectivity index (χ1n) is 12.8. The van der Waals surface area contributed by atoms with Crippen molar-refractivity contribution in [1.82, 2.24) is 9.80 Å². The van der Waals surface area contributed by atoms with Crippen molar-refractivity contribution in [3.8, 4) is 0 Å². The molecule has 188 valence electrons. The molecular formula is C31H36N2O3. The minimum Gasteiger partial charge on any atom is -0.444 e. The molecule has 0 aromatic heterocycles. The summed E-state index contributed by atoms with van der Waals surface area (Å²) in [6.45, 7) is 6.78. The van der Waals surface area contributed by atoms with Gasteiger partial charge in [0.05, 0.1) is 17.7 Å². The van der Waals surface area contributed by atoms with Gasteiger partial charge in [-0.05, 0) is 50.3 Å². The van der Waals surface area contributed by atoms with Crippen molar-refractivity contribution in [2.75, 3.05) is 19.7 Å². The Hall–Kier alpha value is -3.15. The van der Waals surface area contributed by atoms with E-state index in [1.54, 1.807) is 0 Å². The van der Waals surface area contributed by atoms with E-state index in [0.717, 1.165) is 12.8 Å². The number of hydrogen-bond donors (Lipinski definition) is 1. The molecule has 0 aliphatic carbocycles. The predicted octanol–water partition coefficient (Wildman–Crippen LogP) is 5.42. The molecule has 2 fully saturated rings. The van der Waals surface area contributed by atoms with Gasteiger partial charge < -0.3 is 9.84 Å². The molecule has 3 aromatic rings. The monoisotopic (exact) mass is 484 g/mol. The fraction of sp³-hybridized carbons (Fsp3) is 0.387. The molecule has 2 atom stereocenters. The second-order valence-electron chi connectivity index (χ2n) is 11.1. The van der Waals surface area contributed by atoms with E-state index in [4.69, 9.17) is 4.74 Å². The largest absolute Gasteiger partial charge is 0.444 e. The Morgan fingerprint density at radius 2 is 1.36 bits per heavy atom. The molecule has 2 aliphatic heterocycles. The van der Waals surface area contributed by atoms with Crippen LogP contribution in [-0.2, 0) is 10.3 Å². The first kappa shape index (κ1) is 24.5. The lowest BCUT2D eigenvalue weighted by Crippen LogP contribution is -2.69. The maximum atomic E-state index is 13.4. The third-order valence-corrected chi connectivity index (χ3v) is 7.67. The van der Waals surface area contributed by atoms with Crippen LogP contribution in [0.25, 0.3) is 0 Å². The lowest BCUT2D eigenvalue weighted by molar-refractivity contribution is -0.0650. The second kappa shape index (κ2) is 9.38. The highest BCUT2D eigenvalue weighted by atomic mass is 16.6. The highest BCUT2D eigenvalue weighted by Gasteiger charge is 2.58. The van der Waals surface area contributed by atoms with Crippen LogP contribution in [0, 0.1) is 0 Å². The maximum absolute atomic E-state index is 13.4. The Bertz CT molecular complexity index is 1080. The van der Waals surface area contributed by atoms with Crippen LogP contribution < -0.4 is 0 Å². The van der Waals surface area contributed by atoms with Gasteiger partial charge in [0.2, 0.25) is 0 Å². The fourth-order valence-electron chi connectivity index (χ4n) is 6.27. The zero-order valence-corrected chi connectivity index (χ0v) is 21.4. The van der Waals surface area contributed by atoms with Gasteiger partial charge in [-0.3, -0.25) is 9.80 Å². The SMILES string of the molecule is CC(C)(C)OC(=O)N1C2CCC1(CO)CN(C(c1ccccc1)(c1ccccc1)c1ccccc1)C2. The van der Waals surface area contributed by atoms with Gasteiger partial charge in [-0.2, -0.15) is 0 Å². The van der Waals surface area contributed by atoms with E-state index in [0.29, 0.717) is 13.1 Å². The fourth-order valence-corrected chi connectivity index (χ4v) is 6.27. The number of hydrogen-bond acceptors (Lipinski definition) is 4. The zero-order chi connectivity index (χ0) is 25.4. The van der Waals surface area contributed by atoms with Crippen molar-refractivity contribution in [2.45, 2.75) is 56.3 Å². The first-order chi connectivity index (χ1) is 17.3. The van der Waals surface area contributed by atoms with Gasteiger partial charge in [0.25, 0.3) is 0 Å². The number of carbonyl (C=O) groups is 1. The van der Waals surface area contributed by atoms with E-state index in [9.17, 15) is 9.90 Å². The number of aliphatic hydroxyl groups excluding tert-OH is 1. The standard InChI is InChI=1S/C31H36N2O3/c1-29(2,3)36-28(35)33-27-19-20-30(33,23-34)22-32(21-27)31(24-13-7-4-8-14-24,25-15-9-5-10-16-25)26-17-11-6-12-18-26/h4-18,27,34H,19-23H2,1-3H3. The number of carbonyl (C=O) groups excluding carboxylic acids is 1. The normalized spacial score (nSPS) is 22.4. The molecule has 0 saturated carbocycles. The molecule has 5 heteroatoms. The molecule has 2 heterocycles. The number of ether oxygens (including phenoxy) is 1. The number of aliphatic hydroxyl groups is 1. The predicted molar refractivity (Wildman–Crippen MR) is 142 cm³/mol. The van der Waals surface area contributed by atoms with Gasteiger partial charge >= 0.3 is 6.09 Å². The molecule has 1 amide bonds. The van der Waals surface area contributed by atoms with Crippen molar-refractivity contribution < 1.29 is 14.6 Å². The Kier molecular flexibility index (Phi) is 6.39. The lowest BCUT2D eigenvalue weighted by atomic mass is 9.74. The van der Waals surface area contributed by atoms with Gasteiger partial charge in [0.15, 0.2) is 0 Å². The Morgan fingerprint density at radius 1 is 0.889 bits per heavy atom. The Balaban J connectivity index is 1.67. The average molecular weight is 485 g/mol. The zero-order valence-electron chi connectivity index (χ0n) is 21.4.